The number of hydrogen-bond donors (Lipinski definition) is 2. The van der Waals surface area contributed by atoms with Crippen LogP contribution in [0.2, 0.25) is 0 Å². The number of nitrogens with one attached hydrogen (secondary N) is 2. The summed E-state index contributed by atoms with van der Waals surface area (Å²) < 4.78 is 0. The van der Waals surface area contributed by atoms with E-state index >= 15 is 0 Å². The first-order valence-electron chi connectivity index (χ1n) is 6.83. The Bertz CT molecular complexity index is 290. The third kappa shape index (κ3) is 4.64. The first-order chi connectivity index (χ1) is 8.56. The normalized spacial score (nSPS) is 20.3. The molecule has 0 saturated carbocycles. The third-order valence-electron chi connectivity index (χ3n) is 3.53. The van der Waals surface area contributed by atoms with Crippen LogP contribution in [0.3, 0.4) is 0 Å². The fourth-order valence-electron chi connectivity index (χ4n) is 2.19. The Balaban J connectivity index is 2.24. The lowest BCUT2D eigenvalue weighted by atomic mass is 10.1. The molecule has 0 aromatic heterocycles. The maximum atomic E-state index is 11.7. The summed E-state index contributed by atoms with van der Waals surface area (Å²) in [4.78, 5) is 24.7. The highest BCUT2D eigenvalue weighted by Gasteiger charge is 2.22. The fourth-order valence-corrected chi connectivity index (χ4v) is 2.19. The van der Waals surface area contributed by atoms with Crippen LogP contribution in [-0.2, 0) is 9.59 Å². The summed E-state index contributed by atoms with van der Waals surface area (Å²) in [7, 11) is 1.81. The Morgan fingerprint density at radius 3 is 2.67 bits per heavy atom. The molecule has 1 rings (SSSR count). The van der Waals surface area contributed by atoms with Gasteiger partial charge >= 0.3 is 0 Å². The van der Waals surface area contributed by atoms with Gasteiger partial charge in [0.05, 0.1) is 6.54 Å². The van der Waals surface area contributed by atoms with Crippen LogP contribution in [0.25, 0.3) is 0 Å². The van der Waals surface area contributed by atoms with E-state index in [0.29, 0.717) is 19.5 Å². The van der Waals surface area contributed by atoms with Crippen molar-refractivity contribution in [1.29, 1.82) is 0 Å². The molecule has 0 bridgehead atoms. The van der Waals surface area contributed by atoms with Crippen LogP contribution in [-0.4, -0.2) is 48.9 Å². The maximum Gasteiger partial charge on any atom is 0.234 e. The van der Waals surface area contributed by atoms with Crippen molar-refractivity contribution < 1.29 is 9.59 Å². The van der Waals surface area contributed by atoms with Gasteiger partial charge in [-0.05, 0) is 19.3 Å². The molecular weight excluding hydrogens is 230 g/mol. The van der Waals surface area contributed by atoms with Crippen LogP contribution in [0.15, 0.2) is 0 Å². The molecule has 0 aromatic carbocycles. The van der Waals surface area contributed by atoms with Crippen LogP contribution in [0, 0.1) is 0 Å². The van der Waals surface area contributed by atoms with Crippen molar-refractivity contribution in [2.75, 3.05) is 20.1 Å². The predicted octanol–water partition coefficient (Wildman–Crippen LogP) is 0.502. The predicted molar refractivity (Wildman–Crippen MR) is 71.2 cm³/mol. The first-order valence-corrected chi connectivity index (χ1v) is 6.83. The van der Waals surface area contributed by atoms with Gasteiger partial charge in [0.1, 0.15) is 0 Å². The molecule has 0 spiro atoms. The molecule has 0 aliphatic carbocycles. The van der Waals surface area contributed by atoms with E-state index in [4.69, 9.17) is 0 Å². The molecular formula is C13H25N3O2. The van der Waals surface area contributed by atoms with E-state index in [1.165, 1.54) is 0 Å². The fraction of sp³-hybridized carbons (Fsp3) is 0.846. The lowest BCUT2D eigenvalue weighted by molar-refractivity contribution is -0.132. The van der Waals surface area contributed by atoms with Gasteiger partial charge in [0.25, 0.3) is 0 Å². The van der Waals surface area contributed by atoms with E-state index < -0.39 is 0 Å². The van der Waals surface area contributed by atoms with Gasteiger partial charge in [0, 0.05) is 32.1 Å². The van der Waals surface area contributed by atoms with Gasteiger partial charge in [-0.1, -0.05) is 13.8 Å². The molecule has 1 aliphatic rings. The molecule has 5 nitrogen and oxygen atoms in total. The quantitative estimate of drug-likeness (QED) is 0.726. The highest BCUT2D eigenvalue weighted by molar-refractivity contribution is 5.78. The van der Waals surface area contributed by atoms with Gasteiger partial charge in [-0.2, -0.15) is 0 Å². The zero-order chi connectivity index (χ0) is 13.5. The zero-order valence-electron chi connectivity index (χ0n) is 11.7. The van der Waals surface area contributed by atoms with Crippen molar-refractivity contribution in [2.45, 2.75) is 51.6 Å². The smallest absolute Gasteiger partial charge is 0.234 e. The average molecular weight is 255 g/mol. The molecule has 1 aliphatic heterocycles. The van der Waals surface area contributed by atoms with Crippen molar-refractivity contribution in [3.63, 3.8) is 0 Å². The number of carbonyl (C=O) groups is 2. The monoisotopic (exact) mass is 255 g/mol. The molecule has 2 N–H and O–H groups in total. The topological polar surface area (TPSA) is 61.4 Å². The third-order valence-corrected chi connectivity index (χ3v) is 3.53. The van der Waals surface area contributed by atoms with Gasteiger partial charge in [-0.25, -0.2) is 0 Å². The second-order valence-electron chi connectivity index (χ2n) is 4.97. The molecule has 1 saturated heterocycles. The van der Waals surface area contributed by atoms with E-state index in [2.05, 4.69) is 24.5 Å². The lowest BCUT2D eigenvalue weighted by Crippen LogP contribution is -2.49. The van der Waals surface area contributed by atoms with Crippen molar-refractivity contribution in [3.8, 4) is 0 Å². The molecule has 0 radical (unpaired) electrons. The van der Waals surface area contributed by atoms with Crippen LogP contribution in [0.4, 0.5) is 0 Å². The summed E-state index contributed by atoms with van der Waals surface area (Å²) in [6.07, 6.45) is 3.32. The lowest BCUT2D eigenvalue weighted by Gasteiger charge is -2.30. The van der Waals surface area contributed by atoms with Crippen molar-refractivity contribution in [2.24, 2.45) is 0 Å². The second kappa shape index (κ2) is 7.36. The second-order valence-corrected chi connectivity index (χ2v) is 4.97. The maximum absolute atomic E-state index is 11.7. The van der Waals surface area contributed by atoms with Crippen molar-refractivity contribution >= 4 is 11.8 Å². The van der Waals surface area contributed by atoms with Gasteiger partial charge < -0.3 is 15.5 Å². The van der Waals surface area contributed by atoms with Gasteiger partial charge in [0.15, 0.2) is 0 Å². The van der Waals surface area contributed by atoms with Crippen LogP contribution in [0.5, 0.6) is 0 Å². The summed E-state index contributed by atoms with van der Waals surface area (Å²) in [5.41, 5.74) is 0. The number of piperidine rings is 1. The van der Waals surface area contributed by atoms with Crippen LogP contribution < -0.4 is 10.6 Å². The minimum absolute atomic E-state index is 0.0447. The van der Waals surface area contributed by atoms with E-state index in [0.717, 1.165) is 19.3 Å². The molecule has 5 heteroatoms. The average Bonchev–Trinajstić information content (AvgIpc) is 2.37. The van der Waals surface area contributed by atoms with Crippen LogP contribution >= 0.6 is 0 Å². The molecule has 2 amide bonds. The molecule has 1 heterocycles. The van der Waals surface area contributed by atoms with E-state index in [9.17, 15) is 9.59 Å². The highest BCUT2D eigenvalue weighted by Crippen LogP contribution is 2.09. The summed E-state index contributed by atoms with van der Waals surface area (Å²) in [6.45, 7) is 5.17. The molecule has 18 heavy (non-hydrogen) atoms. The number of hydrogen-bond acceptors (Lipinski definition) is 3. The minimum atomic E-state index is 0.0447. The number of carbonyl (C=O) groups excluding carboxylic acids is 2. The number of amides is 2. The largest absolute Gasteiger partial charge is 0.352 e. The molecule has 1 atom stereocenters. The number of likely N-dealkylation sites (N-methyl/N-ethyl adjacent to an activating group) is 1. The SMILES string of the molecule is CCC(CC)NC(=O)CNC1CCC(=O)N(C)C1. The Morgan fingerprint density at radius 2 is 2.11 bits per heavy atom. The summed E-state index contributed by atoms with van der Waals surface area (Å²) >= 11 is 0. The van der Waals surface area contributed by atoms with E-state index in [1.54, 1.807) is 11.9 Å². The number of nitrogens with zero attached hydrogens (tertiary/aromatic N) is 1. The molecule has 0 aromatic rings. The van der Waals surface area contributed by atoms with E-state index in [1.807, 2.05) is 0 Å². The van der Waals surface area contributed by atoms with Crippen molar-refractivity contribution in [1.82, 2.24) is 15.5 Å². The van der Waals surface area contributed by atoms with Gasteiger partial charge in [-0.3, -0.25) is 9.59 Å². The number of likely N-dealkylation sites (tertiary alicyclic amines) is 1. The van der Waals surface area contributed by atoms with Gasteiger partial charge in [0.2, 0.25) is 11.8 Å². The summed E-state index contributed by atoms with van der Waals surface area (Å²) in [5, 5.41) is 6.21. The summed E-state index contributed by atoms with van der Waals surface area (Å²) in [5.74, 6) is 0.234. The highest BCUT2D eigenvalue weighted by atomic mass is 16.2. The van der Waals surface area contributed by atoms with Gasteiger partial charge in [-0.15, -0.1) is 0 Å². The molecule has 1 fully saturated rings. The number of rotatable bonds is 6. The molecule has 104 valence electrons. The Labute approximate surface area is 109 Å². The Morgan fingerprint density at radius 1 is 1.44 bits per heavy atom. The first kappa shape index (κ1) is 15.0. The zero-order valence-corrected chi connectivity index (χ0v) is 11.7. The van der Waals surface area contributed by atoms with Crippen LogP contribution in [0.1, 0.15) is 39.5 Å². The Kier molecular flexibility index (Phi) is 6.12. The van der Waals surface area contributed by atoms with E-state index in [-0.39, 0.29) is 23.9 Å². The summed E-state index contributed by atoms with van der Waals surface area (Å²) in [6, 6.07) is 0.509. The Hall–Kier alpha value is -1.10. The standard InChI is InChI=1S/C13H25N3O2/c1-4-10(5-2)15-12(17)8-14-11-6-7-13(18)16(3)9-11/h10-11,14H,4-9H2,1-3H3,(H,15,17). The van der Waals surface area contributed by atoms with Crippen molar-refractivity contribution in [3.05, 3.63) is 0 Å². The minimum Gasteiger partial charge on any atom is -0.352 e. The molecule has 1 unspecified atom stereocenters.